The standard InChI is InChI=1S/C25H27N5O3/c1-15-11-20(32-6)19(18-9-10-30(23(15)18)24(31)33-25(2,3)4)14-29-13-17-8-7-16(12-26)21(27-5)22(17)28-29/h7-11,13,27H,14H2,1-6H3. The van der Waals surface area contributed by atoms with Crippen LogP contribution < -0.4 is 10.1 Å². The number of aryl methyl sites for hydroxylation is 1. The molecule has 4 rings (SSSR count). The second-order valence-electron chi connectivity index (χ2n) is 8.92. The number of ether oxygens (including phenoxy) is 2. The number of hydrogen-bond acceptors (Lipinski definition) is 6. The SMILES string of the molecule is CNc1c(C#N)ccc2cn(Cc3c(OC)cc(C)c4c3ccn4C(=O)OC(C)(C)C)nc12. The lowest BCUT2D eigenvalue weighted by atomic mass is 10.0. The van der Waals surface area contributed by atoms with Crippen molar-refractivity contribution in [3.05, 3.63) is 53.3 Å². The van der Waals surface area contributed by atoms with Gasteiger partial charge in [0.1, 0.15) is 22.9 Å². The first-order valence-electron chi connectivity index (χ1n) is 10.7. The Hall–Kier alpha value is -3.99. The minimum absolute atomic E-state index is 0.427. The molecule has 0 saturated carbocycles. The molecule has 0 fully saturated rings. The predicted molar refractivity (Wildman–Crippen MR) is 128 cm³/mol. The Bertz CT molecular complexity index is 1420. The third-order valence-electron chi connectivity index (χ3n) is 5.46. The van der Waals surface area contributed by atoms with Gasteiger partial charge in [0.25, 0.3) is 0 Å². The molecule has 4 aromatic rings. The average molecular weight is 446 g/mol. The van der Waals surface area contributed by atoms with E-state index in [1.807, 2.05) is 56.8 Å². The van der Waals surface area contributed by atoms with Crippen molar-refractivity contribution in [3.8, 4) is 11.8 Å². The van der Waals surface area contributed by atoms with Crippen molar-refractivity contribution in [3.63, 3.8) is 0 Å². The normalized spacial score (nSPS) is 11.5. The van der Waals surface area contributed by atoms with Gasteiger partial charge in [-0.25, -0.2) is 4.79 Å². The average Bonchev–Trinajstić information content (AvgIpc) is 3.38. The van der Waals surface area contributed by atoms with Gasteiger partial charge in [-0.3, -0.25) is 9.25 Å². The zero-order chi connectivity index (χ0) is 23.9. The van der Waals surface area contributed by atoms with Gasteiger partial charge in [-0.1, -0.05) is 0 Å². The Balaban J connectivity index is 1.83. The number of rotatable bonds is 4. The lowest BCUT2D eigenvalue weighted by Crippen LogP contribution is -2.26. The van der Waals surface area contributed by atoms with Crippen molar-refractivity contribution in [1.29, 1.82) is 5.26 Å². The van der Waals surface area contributed by atoms with E-state index in [9.17, 15) is 10.1 Å². The number of fused-ring (bicyclic) bond motifs is 2. The van der Waals surface area contributed by atoms with Crippen LogP contribution in [0.4, 0.5) is 10.5 Å². The van der Waals surface area contributed by atoms with Gasteiger partial charge >= 0.3 is 6.09 Å². The maximum absolute atomic E-state index is 12.8. The Morgan fingerprint density at radius 2 is 2.03 bits per heavy atom. The molecule has 0 unspecified atom stereocenters. The molecule has 0 atom stereocenters. The van der Waals surface area contributed by atoms with Gasteiger partial charge < -0.3 is 14.8 Å². The highest BCUT2D eigenvalue weighted by molar-refractivity contribution is 5.95. The molecule has 2 heterocycles. The number of nitrogens with one attached hydrogen (secondary N) is 1. The summed E-state index contributed by atoms with van der Waals surface area (Å²) in [7, 11) is 3.41. The lowest BCUT2D eigenvalue weighted by molar-refractivity contribution is 0.0544. The van der Waals surface area contributed by atoms with E-state index < -0.39 is 11.7 Å². The number of nitrogens with zero attached hydrogens (tertiary/aromatic N) is 4. The second-order valence-corrected chi connectivity index (χ2v) is 8.92. The first kappa shape index (κ1) is 22.2. The summed E-state index contributed by atoms with van der Waals surface area (Å²) in [4.78, 5) is 12.8. The van der Waals surface area contributed by atoms with E-state index >= 15 is 0 Å². The fourth-order valence-corrected chi connectivity index (χ4v) is 4.10. The Morgan fingerprint density at radius 3 is 2.67 bits per heavy atom. The Kier molecular flexibility index (Phi) is 5.50. The number of nitriles is 1. The van der Waals surface area contributed by atoms with Gasteiger partial charge in [-0.05, 0) is 57.5 Å². The topological polar surface area (TPSA) is 94.1 Å². The van der Waals surface area contributed by atoms with Crippen LogP contribution in [0, 0.1) is 18.3 Å². The summed E-state index contributed by atoms with van der Waals surface area (Å²) in [6.07, 6.45) is 3.24. The molecule has 0 aliphatic rings. The molecule has 0 aliphatic carbocycles. The van der Waals surface area contributed by atoms with E-state index in [1.165, 1.54) is 4.57 Å². The van der Waals surface area contributed by atoms with E-state index in [2.05, 4.69) is 11.4 Å². The highest BCUT2D eigenvalue weighted by Crippen LogP contribution is 2.34. The van der Waals surface area contributed by atoms with Crippen molar-refractivity contribution in [2.75, 3.05) is 19.5 Å². The van der Waals surface area contributed by atoms with Crippen LogP contribution in [-0.4, -0.2) is 40.2 Å². The minimum Gasteiger partial charge on any atom is -0.496 e. The van der Waals surface area contributed by atoms with Gasteiger partial charge in [-0.2, -0.15) is 10.4 Å². The van der Waals surface area contributed by atoms with E-state index in [4.69, 9.17) is 14.6 Å². The lowest BCUT2D eigenvalue weighted by Gasteiger charge is -2.20. The van der Waals surface area contributed by atoms with E-state index in [0.29, 0.717) is 23.5 Å². The molecule has 33 heavy (non-hydrogen) atoms. The van der Waals surface area contributed by atoms with Gasteiger partial charge in [0.05, 0.1) is 30.4 Å². The molecular formula is C25H27N5O3. The number of hydrogen-bond donors (Lipinski definition) is 1. The van der Waals surface area contributed by atoms with Crippen LogP contribution >= 0.6 is 0 Å². The molecule has 2 aromatic heterocycles. The molecule has 170 valence electrons. The minimum atomic E-state index is -0.598. The van der Waals surface area contributed by atoms with Crippen LogP contribution in [0.25, 0.3) is 21.8 Å². The molecule has 0 aliphatic heterocycles. The first-order chi connectivity index (χ1) is 15.7. The second kappa shape index (κ2) is 8.17. The highest BCUT2D eigenvalue weighted by Gasteiger charge is 2.22. The van der Waals surface area contributed by atoms with E-state index in [1.54, 1.807) is 26.4 Å². The molecule has 8 heteroatoms. The summed E-state index contributed by atoms with van der Waals surface area (Å²) in [5.41, 5.74) is 3.96. The predicted octanol–water partition coefficient (Wildman–Crippen LogP) is 5.05. The number of methoxy groups -OCH3 is 1. The van der Waals surface area contributed by atoms with Crippen LogP contribution in [0.3, 0.4) is 0 Å². The third-order valence-corrected chi connectivity index (χ3v) is 5.46. The monoisotopic (exact) mass is 445 g/mol. The summed E-state index contributed by atoms with van der Waals surface area (Å²) in [6.45, 7) is 7.91. The molecule has 2 aromatic carbocycles. The molecule has 0 bridgehead atoms. The molecule has 0 amide bonds. The number of carbonyl (C=O) groups is 1. The maximum Gasteiger partial charge on any atom is 0.419 e. The van der Waals surface area contributed by atoms with Crippen molar-refractivity contribution >= 4 is 33.6 Å². The smallest absolute Gasteiger partial charge is 0.419 e. The van der Waals surface area contributed by atoms with Crippen LogP contribution in [-0.2, 0) is 11.3 Å². The number of benzene rings is 2. The number of aromatic nitrogens is 3. The van der Waals surface area contributed by atoms with Crippen molar-refractivity contribution in [2.24, 2.45) is 0 Å². The zero-order valence-corrected chi connectivity index (χ0v) is 19.7. The van der Waals surface area contributed by atoms with Crippen LogP contribution in [0.1, 0.15) is 37.5 Å². The van der Waals surface area contributed by atoms with Crippen LogP contribution in [0.15, 0.2) is 36.7 Å². The molecule has 8 nitrogen and oxygen atoms in total. The fourth-order valence-electron chi connectivity index (χ4n) is 4.10. The summed E-state index contributed by atoms with van der Waals surface area (Å²) >= 11 is 0. The van der Waals surface area contributed by atoms with Gasteiger partial charge in [0.15, 0.2) is 0 Å². The Morgan fingerprint density at radius 1 is 1.27 bits per heavy atom. The quantitative estimate of drug-likeness (QED) is 0.472. The molecule has 0 saturated heterocycles. The van der Waals surface area contributed by atoms with Gasteiger partial charge in [-0.15, -0.1) is 0 Å². The summed E-state index contributed by atoms with van der Waals surface area (Å²) < 4.78 is 14.6. The van der Waals surface area contributed by atoms with Crippen molar-refractivity contribution in [1.82, 2.24) is 14.3 Å². The zero-order valence-electron chi connectivity index (χ0n) is 19.7. The largest absolute Gasteiger partial charge is 0.496 e. The van der Waals surface area contributed by atoms with Gasteiger partial charge in [0, 0.05) is 35.8 Å². The molecule has 0 radical (unpaired) electrons. The third kappa shape index (κ3) is 3.98. The van der Waals surface area contributed by atoms with Crippen molar-refractivity contribution < 1.29 is 14.3 Å². The van der Waals surface area contributed by atoms with E-state index in [-0.39, 0.29) is 0 Å². The van der Waals surface area contributed by atoms with Crippen LogP contribution in [0.5, 0.6) is 5.75 Å². The van der Waals surface area contributed by atoms with E-state index in [0.717, 1.165) is 32.9 Å². The number of carbonyl (C=O) groups excluding carboxylic acids is 1. The summed E-state index contributed by atoms with van der Waals surface area (Å²) in [5.74, 6) is 0.716. The van der Waals surface area contributed by atoms with Crippen molar-refractivity contribution in [2.45, 2.75) is 39.8 Å². The molecule has 0 spiro atoms. The highest BCUT2D eigenvalue weighted by atomic mass is 16.6. The fraction of sp³-hybridized carbons (Fsp3) is 0.320. The summed E-state index contributed by atoms with van der Waals surface area (Å²) in [6, 6.07) is 9.70. The van der Waals surface area contributed by atoms with Crippen LogP contribution in [0.2, 0.25) is 0 Å². The maximum atomic E-state index is 12.8. The molecule has 1 N–H and O–H groups in total. The van der Waals surface area contributed by atoms with Gasteiger partial charge in [0.2, 0.25) is 0 Å². The summed E-state index contributed by atoms with van der Waals surface area (Å²) in [5, 5.41) is 19.0. The first-order valence-corrected chi connectivity index (χ1v) is 10.7. The number of anilines is 1. The Labute approximate surface area is 192 Å². The molecular weight excluding hydrogens is 418 g/mol.